The zero-order chi connectivity index (χ0) is 17.2. The number of carbonyl (C=O) groups is 1. The molecular weight excluding hydrogens is 298 g/mol. The standard InChI is InChI=1S/C20H31N3O/c1-20(2,14-22-19(24)12-16-8-5-9-18(16)21)23-11-10-15-6-3-4-7-17(15)13-23/h3-4,6-7,16,18H,5,8-14,21H2,1-2H3,(H,22,24)/t16-,18+/m0/s1. The van der Waals surface area contributed by atoms with Crippen molar-refractivity contribution in [2.24, 2.45) is 11.7 Å². The molecule has 2 aliphatic rings. The van der Waals surface area contributed by atoms with Crippen LogP contribution < -0.4 is 11.1 Å². The molecule has 0 bridgehead atoms. The van der Waals surface area contributed by atoms with E-state index in [4.69, 9.17) is 5.73 Å². The fourth-order valence-electron chi connectivity index (χ4n) is 4.07. The van der Waals surface area contributed by atoms with E-state index >= 15 is 0 Å². The fourth-order valence-corrected chi connectivity index (χ4v) is 4.07. The van der Waals surface area contributed by atoms with Gasteiger partial charge in [0, 0.05) is 37.6 Å². The topological polar surface area (TPSA) is 58.4 Å². The molecule has 1 aromatic carbocycles. The van der Waals surface area contributed by atoms with E-state index in [1.54, 1.807) is 0 Å². The Hall–Kier alpha value is -1.39. The van der Waals surface area contributed by atoms with E-state index in [1.807, 2.05) is 0 Å². The van der Waals surface area contributed by atoms with Crippen molar-refractivity contribution in [3.8, 4) is 0 Å². The maximum Gasteiger partial charge on any atom is 0.220 e. The van der Waals surface area contributed by atoms with E-state index in [2.05, 4.69) is 48.3 Å². The fraction of sp³-hybridized carbons (Fsp3) is 0.650. The second-order valence-corrected chi connectivity index (χ2v) is 8.09. The third-order valence-electron chi connectivity index (χ3n) is 5.87. The molecule has 0 unspecified atom stereocenters. The summed E-state index contributed by atoms with van der Waals surface area (Å²) in [7, 11) is 0. The number of carbonyl (C=O) groups excluding carboxylic acids is 1. The van der Waals surface area contributed by atoms with Gasteiger partial charge in [-0.3, -0.25) is 9.69 Å². The van der Waals surface area contributed by atoms with Crippen LogP contribution >= 0.6 is 0 Å². The number of hydrogen-bond acceptors (Lipinski definition) is 3. The average Bonchev–Trinajstić information content (AvgIpc) is 2.97. The molecule has 132 valence electrons. The lowest BCUT2D eigenvalue weighted by molar-refractivity contribution is -0.122. The minimum Gasteiger partial charge on any atom is -0.354 e. The number of hydrogen-bond donors (Lipinski definition) is 2. The molecule has 1 heterocycles. The van der Waals surface area contributed by atoms with Crippen molar-refractivity contribution >= 4 is 5.91 Å². The molecule has 1 amide bonds. The van der Waals surface area contributed by atoms with Crippen molar-refractivity contribution in [1.29, 1.82) is 0 Å². The highest BCUT2D eigenvalue weighted by Gasteiger charge is 2.31. The average molecular weight is 329 g/mol. The van der Waals surface area contributed by atoms with Crippen LogP contribution in [0.2, 0.25) is 0 Å². The smallest absolute Gasteiger partial charge is 0.220 e. The Balaban J connectivity index is 1.51. The van der Waals surface area contributed by atoms with Gasteiger partial charge in [0.2, 0.25) is 5.91 Å². The first-order valence-corrected chi connectivity index (χ1v) is 9.30. The molecule has 0 aromatic heterocycles. The van der Waals surface area contributed by atoms with Gasteiger partial charge in [-0.1, -0.05) is 30.7 Å². The first kappa shape index (κ1) is 17.4. The first-order valence-electron chi connectivity index (χ1n) is 9.30. The summed E-state index contributed by atoms with van der Waals surface area (Å²) in [5, 5.41) is 3.16. The molecule has 3 rings (SSSR count). The molecule has 0 radical (unpaired) electrons. The number of nitrogens with two attached hydrogens (primary N) is 1. The monoisotopic (exact) mass is 329 g/mol. The molecule has 24 heavy (non-hydrogen) atoms. The van der Waals surface area contributed by atoms with E-state index in [0.29, 0.717) is 18.9 Å². The van der Waals surface area contributed by atoms with Crippen LogP contribution in [0.1, 0.15) is 50.7 Å². The van der Waals surface area contributed by atoms with Gasteiger partial charge in [-0.2, -0.15) is 0 Å². The number of fused-ring (bicyclic) bond motifs is 1. The summed E-state index contributed by atoms with van der Waals surface area (Å²) in [6, 6.07) is 8.89. The SMILES string of the molecule is CC(C)(CNC(=O)C[C@@H]1CCC[C@H]1N)N1CCc2ccccc2C1. The van der Waals surface area contributed by atoms with Gasteiger partial charge < -0.3 is 11.1 Å². The Kier molecular flexibility index (Phi) is 5.26. The summed E-state index contributed by atoms with van der Waals surface area (Å²) in [6.07, 6.45) is 5.00. The van der Waals surface area contributed by atoms with E-state index in [0.717, 1.165) is 38.8 Å². The minimum absolute atomic E-state index is 0.0407. The van der Waals surface area contributed by atoms with Gasteiger partial charge >= 0.3 is 0 Å². The quantitative estimate of drug-likeness (QED) is 0.872. The molecule has 2 atom stereocenters. The zero-order valence-electron chi connectivity index (χ0n) is 15.1. The molecule has 1 saturated carbocycles. The molecule has 1 aromatic rings. The lowest BCUT2D eigenvalue weighted by Gasteiger charge is -2.41. The van der Waals surface area contributed by atoms with Crippen LogP contribution in [0.4, 0.5) is 0 Å². The van der Waals surface area contributed by atoms with Gasteiger partial charge in [0.15, 0.2) is 0 Å². The molecule has 0 spiro atoms. The van der Waals surface area contributed by atoms with Crippen LogP contribution in [0.15, 0.2) is 24.3 Å². The van der Waals surface area contributed by atoms with Gasteiger partial charge in [0.05, 0.1) is 0 Å². The van der Waals surface area contributed by atoms with Crippen molar-refractivity contribution in [2.45, 2.75) is 64.1 Å². The van der Waals surface area contributed by atoms with E-state index in [-0.39, 0.29) is 17.5 Å². The molecule has 3 N–H and O–H groups in total. The second-order valence-electron chi connectivity index (χ2n) is 8.09. The Labute approximate surface area is 145 Å². The summed E-state index contributed by atoms with van der Waals surface area (Å²) in [5.41, 5.74) is 8.92. The molecule has 0 saturated heterocycles. The molecule has 1 aliphatic carbocycles. The normalized spacial score (nSPS) is 24.6. The summed E-state index contributed by atoms with van der Waals surface area (Å²) in [6.45, 7) is 7.15. The van der Waals surface area contributed by atoms with Gasteiger partial charge in [0.1, 0.15) is 0 Å². The molecule has 1 aliphatic heterocycles. The Morgan fingerprint density at radius 3 is 2.75 bits per heavy atom. The second kappa shape index (κ2) is 7.24. The number of amides is 1. The van der Waals surface area contributed by atoms with Gasteiger partial charge in [-0.25, -0.2) is 0 Å². The predicted octanol–water partition coefficient (Wildman–Crippen LogP) is 2.46. The zero-order valence-corrected chi connectivity index (χ0v) is 15.1. The summed E-state index contributed by atoms with van der Waals surface area (Å²) < 4.78 is 0. The highest BCUT2D eigenvalue weighted by atomic mass is 16.1. The third-order valence-corrected chi connectivity index (χ3v) is 5.87. The Morgan fingerprint density at radius 1 is 1.29 bits per heavy atom. The van der Waals surface area contributed by atoms with Crippen molar-refractivity contribution < 1.29 is 4.79 Å². The lowest BCUT2D eigenvalue weighted by atomic mass is 9.93. The van der Waals surface area contributed by atoms with Crippen molar-refractivity contribution in [2.75, 3.05) is 13.1 Å². The van der Waals surface area contributed by atoms with Gasteiger partial charge in [0.25, 0.3) is 0 Å². The highest BCUT2D eigenvalue weighted by Crippen LogP contribution is 2.27. The predicted molar refractivity (Wildman–Crippen MR) is 97.6 cm³/mol. The van der Waals surface area contributed by atoms with Crippen molar-refractivity contribution in [3.63, 3.8) is 0 Å². The van der Waals surface area contributed by atoms with Crippen molar-refractivity contribution in [1.82, 2.24) is 10.2 Å². The minimum atomic E-state index is -0.0407. The lowest BCUT2D eigenvalue weighted by Crippen LogP contribution is -2.53. The summed E-state index contributed by atoms with van der Waals surface area (Å²) in [5.74, 6) is 0.526. The van der Waals surface area contributed by atoms with Crippen LogP contribution in [0.3, 0.4) is 0 Å². The summed E-state index contributed by atoms with van der Waals surface area (Å²) in [4.78, 5) is 14.8. The molecule has 4 nitrogen and oxygen atoms in total. The van der Waals surface area contributed by atoms with Crippen LogP contribution in [-0.4, -0.2) is 35.5 Å². The number of nitrogens with zero attached hydrogens (tertiary/aromatic N) is 1. The third kappa shape index (κ3) is 3.98. The molecule has 1 fully saturated rings. The largest absolute Gasteiger partial charge is 0.354 e. The summed E-state index contributed by atoms with van der Waals surface area (Å²) >= 11 is 0. The highest BCUT2D eigenvalue weighted by molar-refractivity contribution is 5.76. The molecular formula is C20H31N3O. The van der Waals surface area contributed by atoms with E-state index < -0.39 is 0 Å². The first-order chi connectivity index (χ1) is 11.5. The van der Waals surface area contributed by atoms with Crippen LogP contribution in [0, 0.1) is 5.92 Å². The van der Waals surface area contributed by atoms with E-state index in [1.165, 1.54) is 11.1 Å². The maximum atomic E-state index is 12.3. The van der Waals surface area contributed by atoms with E-state index in [9.17, 15) is 4.79 Å². The van der Waals surface area contributed by atoms with Crippen molar-refractivity contribution in [3.05, 3.63) is 35.4 Å². The van der Waals surface area contributed by atoms with Gasteiger partial charge in [-0.05, 0) is 50.2 Å². The van der Waals surface area contributed by atoms with Crippen LogP contribution in [-0.2, 0) is 17.8 Å². The number of rotatable bonds is 5. The number of nitrogens with one attached hydrogen (secondary N) is 1. The maximum absolute atomic E-state index is 12.3. The Morgan fingerprint density at radius 2 is 2.04 bits per heavy atom. The van der Waals surface area contributed by atoms with Crippen LogP contribution in [0.5, 0.6) is 0 Å². The number of benzene rings is 1. The van der Waals surface area contributed by atoms with Crippen LogP contribution in [0.25, 0.3) is 0 Å². The molecule has 4 heteroatoms. The Bertz CT molecular complexity index is 584. The van der Waals surface area contributed by atoms with Gasteiger partial charge in [-0.15, -0.1) is 0 Å².